The second kappa shape index (κ2) is 7.61. The molecule has 5 nitrogen and oxygen atoms in total. The van der Waals surface area contributed by atoms with Gasteiger partial charge in [-0.3, -0.25) is 10.3 Å². The molecule has 0 bridgehead atoms. The minimum atomic E-state index is 0.463. The molecule has 0 aliphatic carbocycles. The molecule has 0 unspecified atom stereocenters. The number of hydroxylamine groups is 1. The van der Waals surface area contributed by atoms with Gasteiger partial charge in [0.2, 0.25) is 0 Å². The largest absolute Gasteiger partial charge is 0.346 e. The number of hydrogen-bond donors (Lipinski definition) is 3. The van der Waals surface area contributed by atoms with E-state index in [0.717, 1.165) is 34.9 Å². The maximum Gasteiger partial charge on any atom is 0.103 e. The zero-order valence-electron chi connectivity index (χ0n) is 12.5. The summed E-state index contributed by atoms with van der Waals surface area (Å²) in [7, 11) is 0. The number of imidazole rings is 1. The second-order valence-corrected chi connectivity index (χ2v) is 4.82. The average molecular weight is 286 g/mol. The van der Waals surface area contributed by atoms with Crippen LogP contribution in [0.5, 0.6) is 0 Å². The summed E-state index contributed by atoms with van der Waals surface area (Å²) < 4.78 is 0. The maximum atomic E-state index is 5.44. The van der Waals surface area contributed by atoms with Crippen molar-refractivity contribution in [2.24, 2.45) is 5.73 Å². The number of rotatable bonds is 7. The van der Waals surface area contributed by atoms with Crippen LogP contribution in [0.25, 0.3) is 5.70 Å². The predicted molar refractivity (Wildman–Crippen MR) is 84.3 cm³/mol. The molecule has 0 atom stereocenters. The summed E-state index contributed by atoms with van der Waals surface area (Å²) in [6, 6.07) is 10.1. The summed E-state index contributed by atoms with van der Waals surface area (Å²) >= 11 is 0. The number of benzene rings is 1. The highest BCUT2D eigenvalue weighted by Crippen LogP contribution is 2.13. The van der Waals surface area contributed by atoms with E-state index in [4.69, 9.17) is 10.6 Å². The second-order valence-electron chi connectivity index (χ2n) is 4.82. The molecule has 21 heavy (non-hydrogen) atoms. The molecule has 4 N–H and O–H groups in total. The molecular formula is C16H22N4O. The van der Waals surface area contributed by atoms with Crippen molar-refractivity contribution in [3.63, 3.8) is 0 Å². The number of aryl methyl sites for hydroxylation is 2. The van der Waals surface area contributed by atoms with Crippen molar-refractivity contribution >= 4 is 5.70 Å². The van der Waals surface area contributed by atoms with Crippen molar-refractivity contribution in [1.29, 1.82) is 0 Å². The van der Waals surface area contributed by atoms with Gasteiger partial charge in [-0.1, -0.05) is 36.4 Å². The molecule has 0 radical (unpaired) electrons. The van der Waals surface area contributed by atoms with Crippen LogP contribution in [-0.4, -0.2) is 23.1 Å². The van der Waals surface area contributed by atoms with E-state index in [1.807, 2.05) is 44.2 Å². The van der Waals surface area contributed by atoms with Gasteiger partial charge in [0.25, 0.3) is 0 Å². The van der Waals surface area contributed by atoms with Crippen LogP contribution in [-0.2, 0) is 11.3 Å². The SMILES string of the molecule is Cc1nc(CC=C(NOCCN)c2ccccc2)c(C)[nH]1. The molecule has 0 spiro atoms. The van der Waals surface area contributed by atoms with Gasteiger partial charge in [-0.25, -0.2) is 4.98 Å². The van der Waals surface area contributed by atoms with Gasteiger partial charge in [0.15, 0.2) is 0 Å². The van der Waals surface area contributed by atoms with Crippen LogP contribution in [0.2, 0.25) is 0 Å². The minimum absolute atomic E-state index is 0.463. The van der Waals surface area contributed by atoms with Gasteiger partial charge < -0.3 is 10.7 Å². The van der Waals surface area contributed by atoms with E-state index in [0.29, 0.717) is 13.2 Å². The molecule has 1 aromatic carbocycles. The lowest BCUT2D eigenvalue weighted by Gasteiger charge is -2.11. The Balaban J connectivity index is 2.14. The highest BCUT2D eigenvalue weighted by molar-refractivity contribution is 5.63. The highest BCUT2D eigenvalue weighted by Gasteiger charge is 2.05. The van der Waals surface area contributed by atoms with Gasteiger partial charge in [0.1, 0.15) is 5.82 Å². The van der Waals surface area contributed by atoms with Gasteiger partial charge in [0, 0.05) is 18.7 Å². The summed E-state index contributed by atoms with van der Waals surface area (Å²) in [5, 5.41) is 0. The van der Waals surface area contributed by atoms with Crippen LogP contribution in [0.3, 0.4) is 0 Å². The fourth-order valence-electron chi connectivity index (χ4n) is 2.08. The molecule has 1 aromatic heterocycles. The number of hydrogen-bond acceptors (Lipinski definition) is 4. The normalized spacial score (nSPS) is 11.7. The van der Waals surface area contributed by atoms with Crippen LogP contribution in [0, 0.1) is 13.8 Å². The number of aromatic nitrogens is 2. The van der Waals surface area contributed by atoms with Crippen LogP contribution in [0.15, 0.2) is 36.4 Å². The van der Waals surface area contributed by atoms with Crippen LogP contribution < -0.4 is 11.2 Å². The van der Waals surface area contributed by atoms with Gasteiger partial charge in [0.05, 0.1) is 18.0 Å². The Hall–Kier alpha value is -2.11. The monoisotopic (exact) mass is 286 g/mol. The topological polar surface area (TPSA) is 76.0 Å². The molecule has 0 saturated carbocycles. The molecule has 0 amide bonds. The van der Waals surface area contributed by atoms with Crippen LogP contribution in [0.1, 0.15) is 22.8 Å². The third-order valence-electron chi connectivity index (χ3n) is 3.09. The summed E-state index contributed by atoms with van der Waals surface area (Å²) in [6.45, 7) is 4.93. The Morgan fingerprint density at radius 1 is 1.33 bits per heavy atom. The summed E-state index contributed by atoms with van der Waals surface area (Å²) in [5.74, 6) is 0.935. The average Bonchev–Trinajstić information content (AvgIpc) is 2.81. The summed E-state index contributed by atoms with van der Waals surface area (Å²) in [6.07, 6.45) is 2.81. The third kappa shape index (κ3) is 4.44. The summed E-state index contributed by atoms with van der Waals surface area (Å²) in [5.41, 5.74) is 12.5. The molecule has 1 heterocycles. The molecule has 0 aliphatic heterocycles. The lowest BCUT2D eigenvalue weighted by molar-refractivity contribution is 0.0848. The molecule has 5 heteroatoms. The van der Waals surface area contributed by atoms with E-state index in [2.05, 4.69) is 21.5 Å². The predicted octanol–water partition coefficient (Wildman–Crippen LogP) is 2.09. The molecule has 2 aromatic rings. The van der Waals surface area contributed by atoms with E-state index in [9.17, 15) is 0 Å². The van der Waals surface area contributed by atoms with Gasteiger partial charge in [-0.15, -0.1) is 0 Å². The quantitative estimate of drug-likeness (QED) is 0.538. The van der Waals surface area contributed by atoms with Crippen LogP contribution in [0.4, 0.5) is 0 Å². The van der Waals surface area contributed by atoms with Crippen molar-refractivity contribution in [2.75, 3.05) is 13.2 Å². The standard InChI is InChI=1S/C16H22N4O/c1-12-15(19-13(2)18-12)8-9-16(20-21-11-10-17)14-6-4-3-5-7-14/h3-7,9,20H,8,10-11,17H2,1-2H3,(H,18,19). The zero-order valence-corrected chi connectivity index (χ0v) is 12.5. The van der Waals surface area contributed by atoms with Crippen molar-refractivity contribution in [3.05, 3.63) is 59.2 Å². The molecule has 0 saturated heterocycles. The zero-order chi connectivity index (χ0) is 15.1. The first-order chi connectivity index (χ1) is 10.2. The Morgan fingerprint density at radius 3 is 2.71 bits per heavy atom. The number of nitrogens with zero attached hydrogens (tertiary/aromatic N) is 1. The first-order valence-corrected chi connectivity index (χ1v) is 7.06. The summed E-state index contributed by atoms with van der Waals surface area (Å²) in [4.78, 5) is 13.1. The van der Waals surface area contributed by atoms with Crippen molar-refractivity contribution in [1.82, 2.24) is 15.4 Å². The smallest absolute Gasteiger partial charge is 0.103 e. The number of nitrogens with two attached hydrogens (primary N) is 1. The lowest BCUT2D eigenvalue weighted by atomic mass is 10.1. The van der Waals surface area contributed by atoms with Crippen LogP contribution >= 0.6 is 0 Å². The Morgan fingerprint density at radius 2 is 2.10 bits per heavy atom. The van der Waals surface area contributed by atoms with E-state index in [1.165, 1.54) is 0 Å². The number of allylic oxidation sites excluding steroid dienone is 1. The number of nitrogens with one attached hydrogen (secondary N) is 2. The minimum Gasteiger partial charge on any atom is -0.346 e. The van der Waals surface area contributed by atoms with E-state index in [-0.39, 0.29) is 0 Å². The highest BCUT2D eigenvalue weighted by atomic mass is 16.6. The van der Waals surface area contributed by atoms with E-state index in [1.54, 1.807) is 0 Å². The molecule has 2 rings (SSSR count). The Kier molecular flexibility index (Phi) is 5.54. The number of aromatic amines is 1. The fraction of sp³-hybridized carbons (Fsp3) is 0.312. The fourth-order valence-corrected chi connectivity index (χ4v) is 2.08. The van der Waals surface area contributed by atoms with E-state index < -0.39 is 0 Å². The molecule has 112 valence electrons. The maximum absolute atomic E-state index is 5.44. The molecule has 0 aliphatic rings. The first kappa shape index (κ1) is 15.3. The third-order valence-corrected chi connectivity index (χ3v) is 3.09. The van der Waals surface area contributed by atoms with Gasteiger partial charge in [-0.2, -0.15) is 0 Å². The van der Waals surface area contributed by atoms with E-state index >= 15 is 0 Å². The van der Waals surface area contributed by atoms with Crippen molar-refractivity contribution < 1.29 is 4.84 Å². The molecular weight excluding hydrogens is 264 g/mol. The first-order valence-electron chi connectivity index (χ1n) is 7.06. The Labute approximate surface area is 125 Å². The molecule has 0 fully saturated rings. The van der Waals surface area contributed by atoms with Crippen molar-refractivity contribution in [3.8, 4) is 0 Å². The van der Waals surface area contributed by atoms with Gasteiger partial charge >= 0.3 is 0 Å². The van der Waals surface area contributed by atoms with Gasteiger partial charge in [-0.05, 0) is 19.4 Å². The number of H-pyrrole nitrogens is 1. The van der Waals surface area contributed by atoms with Crippen molar-refractivity contribution in [2.45, 2.75) is 20.3 Å². The Bertz CT molecular complexity index is 590. The lowest BCUT2D eigenvalue weighted by Crippen LogP contribution is -2.19.